The van der Waals surface area contributed by atoms with Crippen molar-refractivity contribution in [1.29, 1.82) is 0 Å². The molecule has 190 valence electrons. The molecule has 2 aliphatic rings. The molecule has 1 aliphatic heterocycles. The highest BCUT2D eigenvalue weighted by molar-refractivity contribution is 6.04. The summed E-state index contributed by atoms with van der Waals surface area (Å²) in [6, 6.07) is 5.75. The van der Waals surface area contributed by atoms with Crippen molar-refractivity contribution in [2.45, 2.75) is 31.4 Å². The Morgan fingerprint density at radius 2 is 1.97 bits per heavy atom. The van der Waals surface area contributed by atoms with Crippen LogP contribution in [0.3, 0.4) is 0 Å². The highest BCUT2D eigenvalue weighted by atomic mass is 19.4. The van der Waals surface area contributed by atoms with Gasteiger partial charge in [0.25, 0.3) is 5.91 Å². The Morgan fingerprint density at radius 1 is 1.14 bits per heavy atom. The van der Waals surface area contributed by atoms with Gasteiger partial charge < -0.3 is 14.6 Å². The van der Waals surface area contributed by atoms with Gasteiger partial charge in [-0.2, -0.15) is 13.2 Å². The molecule has 5 rings (SSSR count). The molecule has 7 nitrogen and oxygen atoms in total. The maximum absolute atomic E-state index is 13.0. The smallest absolute Gasteiger partial charge is 0.339 e. The monoisotopic (exact) mass is 507 g/mol. The number of carbonyl (C=O) groups excluding carboxylic acids is 2. The van der Waals surface area contributed by atoms with E-state index < -0.39 is 17.6 Å². The van der Waals surface area contributed by atoms with Crippen molar-refractivity contribution in [2.75, 3.05) is 18.4 Å². The van der Waals surface area contributed by atoms with Crippen molar-refractivity contribution in [3.63, 3.8) is 0 Å². The summed E-state index contributed by atoms with van der Waals surface area (Å²) >= 11 is 0. The maximum atomic E-state index is 13.0. The SMILES string of the molecule is C=CC(=O)N1CCC(c2cc(C3=CC=C(C(=O)Nc4cc(C(F)(F)F)ccn4)CC3)n3cnccc23)C1. The Morgan fingerprint density at radius 3 is 2.70 bits per heavy atom. The van der Waals surface area contributed by atoms with Gasteiger partial charge in [-0.05, 0) is 60.7 Å². The average molecular weight is 508 g/mol. The lowest BCUT2D eigenvalue weighted by molar-refractivity contribution is -0.137. The molecular formula is C27H24F3N5O2. The average Bonchev–Trinajstić information content (AvgIpc) is 3.53. The molecule has 1 atom stereocenters. The Hall–Kier alpha value is -4.21. The van der Waals surface area contributed by atoms with Crippen LogP contribution in [0.1, 0.15) is 42.0 Å². The minimum absolute atomic E-state index is 0.0702. The van der Waals surface area contributed by atoms with Crippen LogP contribution in [0.5, 0.6) is 0 Å². The quantitative estimate of drug-likeness (QED) is 0.494. The van der Waals surface area contributed by atoms with Crippen LogP contribution in [0, 0.1) is 0 Å². The lowest BCUT2D eigenvalue weighted by Gasteiger charge is -2.15. The van der Waals surface area contributed by atoms with E-state index in [0.717, 1.165) is 47.1 Å². The van der Waals surface area contributed by atoms with Gasteiger partial charge in [-0.25, -0.2) is 9.97 Å². The third-order valence-electron chi connectivity index (χ3n) is 6.82. The summed E-state index contributed by atoms with van der Waals surface area (Å²) < 4.78 is 40.9. The molecule has 0 aromatic carbocycles. The lowest BCUT2D eigenvalue weighted by Crippen LogP contribution is -2.26. The number of rotatable bonds is 5. The third kappa shape index (κ3) is 4.91. The lowest BCUT2D eigenvalue weighted by atomic mass is 9.94. The summed E-state index contributed by atoms with van der Waals surface area (Å²) in [5, 5.41) is 2.47. The molecule has 1 aliphatic carbocycles. The van der Waals surface area contributed by atoms with Crippen LogP contribution >= 0.6 is 0 Å². The number of carbonyl (C=O) groups is 2. The fraction of sp³-hybridized carbons (Fsp3) is 0.259. The summed E-state index contributed by atoms with van der Waals surface area (Å²) in [5.74, 6) is -0.512. The molecule has 3 aromatic rings. The number of alkyl halides is 3. The fourth-order valence-corrected chi connectivity index (χ4v) is 4.91. The Balaban J connectivity index is 1.37. The molecule has 3 aromatic heterocycles. The van der Waals surface area contributed by atoms with E-state index in [1.165, 1.54) is 6.08 Å². The van der Waals surface area contributed by atoms with E-state index in [0.29, 0.717) is 31.5 Å². The second kappa shape index (κ2) is 9.68. The summed E-state index contributed by atoms with van der Waals surface area (Å²) in [4.78, 5) is 34.7. The van der Waals surface area contributed by atoms with Crippen molar-refractivity contribution in [3.05, 3.63) is 90.2 Å². The molecule has 0 spiro atoms. The standard InChI is InChI=1S/C27H24F3N5O2/c1-2-25(36)34-12-9-19(15-34)21-14-23(35-16-31-10-8-22(21)35)17-3-5-18(6-4-17)26(37)33-24-13-20(7-11-32-24)27(28,29)30/h2-3,5,7-8,10-11,13-14,16,19H,1,4,6,9,12,15H2,(H,32,33,37). The summed E-state index contributed by atoms with van der Waals surface area (Å²) in [7, 11) is 0. The van der Waals surface area contributed by atoms with Crippen LogP contribution in [0.4, 0.5) is 19.0 Å². The van der Waals surface area contributed by atoms with Crippen molar-refractivity contribution < 1.29 is 22.8 Å². The van der Waals surface area contributed by atoms with Gasteiger partial charge >= 0.3 is 6.18 Å². The van der Waals surface area contributed by atoms with Gasteiger partial charge in [0.15, 0.2) is 0 Å². The van der Waals surface area contributed by atoms with Crippen molar-refractivity contribution >= 4 is 28.7 Å². The first-order valence-corrected chi connectivity index (χ1v) is 11.9. The zero-order chi connectivity index (χ0) is 26.2. The Bertz CT molecular complexity index is 1450. The van der Waals surface area contributed by atoms with Gasteiger partial charge in [0.1, 0.15) is 5.82 Å². The predicted octanol–water partition coefficient (Wildman–Crippen LogP) is 4.99. The number of amides is 2. The van der Waals surface area contributed by atoms with E-state index in [2.05, 4.69) is 27.9 Å². The van der Waals surface area contributed by atoms with Crippen molar-refractivity contribution in [2.24, 2.45) is 0 Å². The van der Waals surface area contributed by atoms with E-state index in [-0.39, 0.29) is 17.6 Å². The molecule has 37 heavy (non-hydrogen) atoms. The van der Waals surface area contributed by atoms with Crippen LogP contribution < -0.4 is 5.32 Å². The molecule has 1 N–H and O–H groups in total. The first-order valence-electron chi connectivity index (χ1n) is 11.9. The number of halogens is 3. The molecule has 4 heterocycles. The Labute approximate surface area is 211 Å². The molecule has 1 unspecified atom stereocenters. The van der Waals surface area contributed by atoms with Crippen molar-refractivity contribution in [1.82, 2.24) is 19.3 Å². The topological polar surface area (TPSA) is 79.6 Å². The number of allylic oxidation sites excluding steroid dienone is 3. The summed E-state index contributed by atoms with van der Waals surface area (Å²) in [5.41, 5.74) is 3.72. The molecular weight excluding hydrogens is 483 g/mol. The maximum Gasteiger partial charge on any atom is 0.416 e. The number of pyridine rings is 1. The number of fused-ring (bicyclic) bond motifs is 1. The van der Waals surface area contributed by atoms with Crippen molar-refractivity contribution in [3.8, 4) is 0 Å². The zero-order valence-corrected chi connectivity index (χ0v) is 19.8. The van der Waals surface area contributed by atoms with Crippen LogP contribution in [-0.2, 0) is 15.8 Å². The highest BCUT2D eigenvalue weighted by Crippen LogP contribution is 2.36. The van der Waals surface area contributed by atoms with Gasteiger partial charge in [-0.3, -0.25) is 9.59 Å². The summed E-state index contributed by atoms with van der Waals surface area (Å²) in [6.07, 6.45) is 6.73. The number of hydrogen-bond acceptors (Lipinski definition) is 4. The van der Waals surface area contributed by atoms with E-state index >= 15 is 0 Å². The largest absolute Gasteiger partial charge is 0.416 e. The fourth-order valence-electron chi connectivity index (χ4n) is 4.91. The minimum atomic E-state index is -4.52. The number of likely N-dealkylation sites (tertiary alicyclic amines) is 1. The third-order valence-corrected chi connectivity index (χ3v) is 6.82. The number of aromatic nitrogens is 3. The van der Waals surface area contributed by atoms with E-state index in [4.69, 9.17) is 0 Å². The van der Waals surface area contributed by atoms with Gasteiger partial charge in [0.05, 0.1) is 23.1 Å². The predicted molar refractivity (Wildman–Crippen MR) is 132 cm³/mol. The second-order valence-electron chi connectivity index (χ2n) is 9.06. The molecule has 0 radical (unpaired) electrons. The molecule has 2 amide bonds. The molecule has 10 heteroatoms. The van der Waals surface area contributed by atoms with Crippen LogP contribution in [0.2, 0.25) is 0 Å². The Kier molecular flexibility index (Phi) is 6.41. The zero-order valence-electron chi connectivity index (χ0n) is 19.8. The number of nitrogens with zero attached hydrogens (tertiary/aromatic N) is 4. The van der Waals surface area contributed by atoms with Crippen LogP contribution in [0.25, 0.3) is 11.1 Å². The minimum Gasteiger partial charge on any atom is -0.339 e. The van der Waals surface area contributed by atoms with Crippen LogP contribution in [-0.4, -0.2) is 44.2 Å². The highest BCUT2D eigenvalue weighted by Gasteiger charge is 2.31. The molecule has 1 saturated heterocycles. The number of nitrogens with one attached hydrogen (secondary N) is 1. The van der Waals surface area contributed by atoms with E-state index in [1.807, 2.05) is 16.5 Å². The van der Waals surface area contributed by atoms with Crippen LogP contribution in [0.15, 0.2) is 73.4 Å². The van der Waals surface area contributed by atoms with Gasteiger partial charge in [0, 0.05) is 37.0 Å². The number of hydrogen-bond donors (Lipinski definition) is 1. The second-order valence-corrected chi connectivity index (χ2v) is 9.06. The van der Waals surface area contributed by atoms with Gasteiger partial charge in [-0.1, -0.05) is 18.7 Å². The van der Waals surface area contributed by atoms with E-state index in [1.54, 1.807) is 23.5 Å². The normalized spacial score (nSPS) is 17.9. The molecule has 0 bridgehead atoms. The van der Waals surface area contributed by atoms with Gasteiger partial charge in [0.2, 0.25) is 5.91 Å². The molecule has 1 fully saturated rings. The summed E-state index contributed by atoms with van der Waals surface area (Å²) in [6.45, 7) is 4.88. The van der Waals surface area contributed by atoms with Gasteiger partial charge in [-0.15, -0.1) is 0 Å². The van der Waals surface area contributed by atoms with E-state index in [9.17, 15) is 22.8 Å². The number of anilines is 1. The molecule has 0 saturated carbocycles. The first-order chi connectivity index (χ1) is 17.7. The first kappa shape index (κ1) is 24.5.